The van der Waals surface area contributed by atoms with Gasteiger partial charge in [-0.1, -0.05) is 85.3 Å². The molecule has 1 aliphatic rings. The third kappa shape index (κ3) is 9.02. The Morgan fingerprint density at radius 3 is 2.24 bits per heavy atom. The van der Waals surface area contributed by atoms with Crippen molar-refractivity contribution in [1.29, 1.82) is 0 Å². The van der Waals surface area contributed by atoms with E-state index in [1.807, 2.05) is 37.3 Å². The van der Waals surface area contributed by atoms with Gasteiger partial charge in [0.2, 0.25) is 5.71 Å². The van der Waals surface area contributed by atoms with E-state index in [1.165, 1.54) is 55.2 Å². The molecular formula is C55H54GeIrN4O-2. The average molecular weight is 1050 g/mol. The molecule has 1 saturated carbocycles. The molecule has 0 saturated heterocycles. The standard InChI is InChI=1S/C34H26N3O.C21H28GeN.Ir/c1-21(2)26-19-20-28(32-31(26)27-18-13-22(3)35-34(27)38-32)33-36-29-11-7-8-12-30(29)37(33)25-16-14-24(15-17-25)23-9-5-4-6-10-23;1-22(2,3)20-16-23-21(18-12-8-5-9-13-18)15-19(20)14-17-10-6-4-7-11-17;/h4-19,21H,1-3H3;5,8-9,12,15-17H,4,6-7,10-11,14H2,1-3H3;/q2*-1;. The van der Waals surface area contributed by atoms with Gasteiger partial charge in [-0.3, -0.25) is 4.98 Å². The Bertz CT molecular complexity index is 2940. The number of benzene rings is 5. The molecule has 4 heterocycles. The van der Waals surface area contributed by atoms with Gasteiger partial charge in [-0.2, -0.15) is 0 Å². The van der Waals surface area contributed by atoms with Crippen LogP contribution in [0.15, 0.2) is 138 Å². The summed E-state index contributed by atoms with van der Waals surface area (Å²) in [6, 6.07) is 51.0. The van der Waals surface area contributed by atoms with Gasteiger partial charge in [-0.15, -0.1) is 17.7 Å². The van der Waals surface area contributed by atoms with Crippen LogP contribution in [-0.4, -0.2) is 32.8 Å². The number of aryl methyl sites for hydroxylation is 1. The van der Waals surface area contributed by atoms with Crippen molar-refractivity contribution < 1.29 is 24.5 Å². The molecule has 1 fully saturated rings. The first-order chi connectivity index (χ1) is 29.6. The third-order valence-electron chi connectivity index (χ3n) is 12.2. The molecule has 4 aromatic heterocycles. The fourth-order valence-electron chi connectivity index (χ4n) is 9.07. The van der Waals surface area contributed by atoms with Crippen LogP contribution in [-0.2, 0) is 26.5 Å². The van der Waals surface area contributed by atoms with Gasteiger partial charge in [0.15, 0.2) is 0 Å². The number of hydrogen-bond donors (Lipinski definition) is 0. The minimum Gasteiger partial charge on any atom is 0 e. The zero-order valence-electron chi connectivity index (χ0n) is 36.6. The number of nitrogens with zero attached hydrogens (tertiary/aromatic N) is 4. The van der Waals surface area contributed by atoms with E-state index in [0.29, 0.717) is 11.6 Å². The molecule has 10 rings (SSSR count). The number of rotatable bonds is 8. The second-order valence-corrected chi connectivity index (χ2v) is 28.6. The van der Waals surface area contributed by atoms with Crippen molar-refractivity contribution in [3.05, 3.63) is 163 Å². The Balaban J connectivity index is 0.000000190. The number of furan rings is 1. The van der Waals surface area contributed by atoms with Crippen LogP contribution in [0.3, 0.4) is 0 Å². The van der Waals surface area contributed by atoms with Crippen LogP contribution in [0.25, 0.3) is 72.6 Å². The summed E-state index contributed by atoms with van der Waals surface area (Å²) in [5.41, 5.74) is 13.5. The zero-order valence-corrected chi connectivity index (χ0v) is 41.1. The van der Waals surface area contributed by atoms with Gasteiger partial charge >= 0.3 is 144 Å². The summed E-state index contributed by atoms with van der Waals surface area (Å²) >= 11 is -1.89. The van der Waals surface area contributed by atoms with Crippen LogP contribution in [0, 0.1) is 25.0 Å². The Hall–Kier alpha value is -5.14. The fraction of sp³-hybridized carbons (Fsp3) is 0.255. The Kier molecular flexibility index (Phi) is 13.1. The molecule has 7 heteroatoms. The van der Waals surface area contributed by atoms with E-state index in [4.69, 9.17) is 19.4 Å². The first kappa shape index (κ1) is 43.5. The van der Waals surface area contributed by atoms with E-state index in [0.717, 1.165) is 67.3 Å². The van der Waals surface area contributed by atoms with Crippen LogP contribution in [0.1, 0.15) is 68.7 Å². The molecule has 315 valence electrons. The van der Waals surface area contributed by atoms with Crippen LogP contribution in [0.4, 0.5) is 0 Å². The van der Waals surface area contributed by atoms with Crippen molar-refractivity contribution in [1.82, 2.24) is 19.5 Å². The van der Waals surface area contributed by atoms with Crippen LogP contribution in [0.5, 0.6) is 0 Å². The molecule has 62 heavy (non-hydrogen) atoms. The van der Waals surface area contributed by atoms with Crippen LogP contribution in [0.2, 0.25) is 17.3 Å². The normalized spacial score (nSPS) is 13.3. The quantitative estimate of drug-likeness (QED) is 0.112. The molecular weight excluding hydrogens is 997 g/mol. The summed E-state index contributed by atoms with van der Waals surface area (Å²) in [5, 5.41) is 2.12. The molecule has 0 atom stereocenters. The SMILES string of the molecule is Cc1ccc2c(n1)oc1c(-c3nc4ccccc4n3-c3ccc(-c4ccccc4)cc3)[c-]cc(C(C)C)c12.[CH3][Ge]([CH3])([CH3])[c]1cnc(-c2[c-]cccc2)cc1CC1CCCCC1.[Ir]. The number of hydrogen-bond acceptors (Lipinski definition) is 4. The maximum atomic E-state index is 6.48. The molecule has 1 aliphatic carbocycles. The largest absolute Gasteiger partial charge is 0 e. The molecule has 9 aromatic rings. The van der Waals surface area contributed by atoms with E-state index in [9.17, 15) is 0 Å². The maximum absolute atomic E-state index is 6.48. The molecule has 0 N–H and O–H groups in total. The summed E-state index contributed by atoms with van der Waals surface area (Å²) in [7, 11) is 0. The fourth-order valence-corrected chi connectivity index (χ4v) is 12.4. The molecule has 0 amide bonds. The van der Waals surface area contributed by atoms with Crippen molar-refractivity contribution in [2.24, 2.45) is 5.92 Å². The molecule has 0 unspecified atom stereocenters. The van der Waals surface area contributed by atoms with Gasteiger partial charge in [0, 0.05) is 36.9 Å². The van der Waals surface area contributed by atoms with E-state index in [1.54, 1.807) is 9.96 Å². The van der Waals surface area contributed by atoms with Crippen LogP contribution < -0.4 is 4.40 Å². The summed E-state index contributed by atoms with van der Waals surface area (Å²) in [6.07, 6.45) is 10.5. The number of aromatic nitrogens is 4. The topological polar surface area (TPSA) is 56.7 Å². The number of fused-ring (bicyclic) bond motifs is 4. The second-order valence-electron chi connectivity index (χ2n) is 18.0. The van der Waals surface area contributed by atoms with Crippen molar-refractivity contribution in [2.75, 3.05) is 0 Å². The Morgan fingerprint density at radius 2 is 1.52 bits per heavy atom. The maximum Gasteiger partial charge on any atom is 0 e. The van der Waals surface area contributed by atoms with Crippen molar-refractivity contribution in [3.63, 3.8) is 0 Å². The molecule has 0 bridgehead atoms. The predicted molar refractivity (Wildman–Crippen MR) is 256 cm³/mol. The third-order valence-corrected chi connectivity index (χ3v) is 16.6. The number of pyridine rings is 2. The summed E-state index contributed by atoms with van der Waals surface area (Å²) < 4.78 is 10.3. The monoisotopic (exact) mass is 1050 g/mol. The van der Waals surface area contributed by atoms with Gasteiger partial charge in [0.1, 0.15) is 0 Å². The van der Waals surface area contributed by atoms with Crippen molar-refractivity contribution in [2.45, 2.75) is 82.5 Å². The van der Waals surface area contributed by atoms with Crippen molar-refractivity contribution >= 4 is 50.8 Å². The first-order valence-corrected chi connectivity index (χ1v) is 29.3. The van der Waals surface area contributed by atoms with E-state index in [2.05, 4.69) is 151 Å². The van der Waals surface area contributed by atoms with E-state index in [-0.39, 0.29) is 20.1 Å². The summed E-state index contributed by atoms with van der Waals surface area (Å²) in [6.45, 7) is 6.39. The van der Waals surface area contributed by atoms with Crippen molar-refractivity contribution in [3.8, 4) is 39.5 Å². The minimum absolute atomic E-state index is 0. The smallest absolute Gasteiger partial charge is 0 e. The molecule has 1 radical (unpaired) electrons. The van der Waals surface area contributed by atoms with E-state index < -0.39 is 13.3 Å². The Labute approximate surface area is 382 Å². The summed E-state index contributed by atoms with van der Waals surface area (Å²) in [4.78, 5) is 14.6. The van der Waals surface area contributed by atoms with Gasteiger partial charge in [0.05, 0.1) is 22.4 Å². The molecule has 0 spiro atoms. The zero-order chi connectivity index (χ0) is 42.1. The molecule has 5 nitrogen and oxygen atoms in total. The molecule has 0 aliphatic heterocycles. The predicted octanol–water partition coefficient (Wildman–Crippen LogP) is 14.1. The number of imidazole rings is 1. The van der Waals surface area contributed by atoms with Gasteiger partial charge in [0.25, 0.3) is 0 Å². The minimum atomic E-state index is -1.89. The van der Waals surface area contributed by atoms with E-state index >= 15 is 0 Å². The van der Waals surface area contributed by atoms with Crippen LogP contribution >= 0.6 is 0 Å². The Morgan fingerprint density at radius 1 is 0.790 bits per heavy atom. The van der Waals surface area contributed by atoms with Gasteiger partial charge in [-0.05, 0) is 54.4 Å². The first-order valence-electron chi connectivity index (χ1n) is 22.0. The molecule has 5 aromatic carbocycles. The van der Waals surface area contributed by atoms with Gasteiger partial charge < -0.3 is 8.98 Å². The van der Waals surface area contributed by atoms with Gasteiger partial charge in [-0.25, -0.2) is 4.98 Å². The second kappa shape index (κ2) is 18.7. The summed E-state index contributed by atoms with van der Waals surface area (Å²) in [5.74, 6) is 9.44. The number of para-hydroxylation sites is 2. The average Bonchev–Trinajstić information content (AvgIpc) is 3.86.